The minimum Gasteiger partial charge on any atom is -0.462 e. The largest absolute Gasteiger partial charge is 0.462 e. The molecule has 3 unspecified atom stereocenters. The van der Waals surface area contributed by atoms with Gasteiger partial charge in [0.2, 0.25) is 0 Å². The molecule has 29 heavy (non-hydrogen) atoms. The van der Waals surface area contributed by atoms with E-state index in [1.165, 1.54) is 5.57 Å². The molecule has 160 valence electrons. The Labute approximate surface area is 174 Å². The number of hydrogen-bond acceptors (Lipinski definition) is 4. The molecule has 0 aromatic heterocycles. The summed E-state index contributed by atoms with van der Waals surface area (Å²) < 4.78 is 5.77. The molecule has 0 N–H and O–H groups in total. The summed E-state index contributed by atoms with van der Waals surface area (Å²) in [6, 6.07) is 0. The van der Waals surface area contributed by atoms with Crippen LogP contribution < -0.4 is 0 Å². The van der Waals surface area contributed by atoms with Gasteiger partial charge in [0.05, 0.1) is 0 Å². The third kappa shape index (κ3) is 3.41. The van der Waals surface area contributed by atoms with Crippen LogP contribution >= 0.6 is 0 Å². The van der Waals surface area contributed by atoms with Gasteiger partial charge in [-0.3, -0.25) is 14.4 Å². The molecule has 0 amide bonds. The maximum Gasteiger partial charge on any atom is 0.306 e. The van der Waals surface area contributed by atoms with Crippen molar-refractivity contribution in [3.63, 3.8) is 0 Å². The van der Waals surface area contributed by atoms with Crippen LogP contribution in [0.4, 0.5) is 0 Å². The highest BCUT2D eigenvalue weighted by molar-refractivity contribution is 5.96. The fourth-order valence-corrected chi connectivity index (χ4v) is 7.01. The van der Waals surface area contributed by atoms with E-state index in [-0.39, 0.29) is 40.5 Å². The highest BCUT2D eigenvalue weighted by Gasteiger charge is 2.61. The number of esters is 1. The SMILES string of the molecule is CCCCCC(=O)O[C@H]1CC[C@@]2(C)C(=CC(=O)C3C2CC[C@]2(C)C(=O)CCC32)C1. The number of hydrogen-bond donors (Lipinski definition) is 0. The summed E-state index contributed by atoms with van der Waals surface area (Å²) in [5.41, 5.74) is 0.912. The van der Waals surface area contributed by atoms with E-state index >= 15 is 0 Å². The number of carbonyl (C=O) groups is 3. The molecule has 0 aliphatic heterocycles. The van der Waals surface area contributed by atoms with Crippen molar-refractivity contribution >= 4 is 17.5 Å². The van der Waals surface area contributed by atoms with E-state index in [0.29, 0.717) is 31.0 Å². The van der Waals surface area contributed by atoms with Gasteiger partial charge in [-0.1, -0.05) is 39.2 Å². The van der Waals surface area contributed by atoms with Gasteiger partial charge in [0.1, 0.15) is 11.9 Å². The van der Waals surface area contributed by atoms with E-state index in [4.69, 9.17) is 4.74 Å². The normalized spacial score (nSPS) is 41.3. The molecule has 0 saturated heterocycles. The van der Waals surface area contributed by atoms with Crippen molar-refractivity contribution in [2.75, 3.05) is 0 Å². The van der Waals surface area contributed by atoms with E-state index in [1.54, 1.807) is 0 Å². The van der Waals surface area contributed by atoms with Gasteiger partial charge in [-0.05, 0) is 61.9 Å². The first-order valence-electron chi connectivity index (χ1n) is 11.8. The van der Waals surface area contributed by atoms with Gasteiger partial charge in [-0.15, -0.1) is 0 Å². The van der Waals surface area contributed by atoms with Crippen molar-refractivity contribution in [2.24, 2.45) is 28.6 Å². The van der Waals surface area contributed by atoms with Gasteiger partial charge in [0, 0.05) is 30.6 Å². The number of carbonyl (C=O) groups excluding carboxylic acids is 3. The van der Waals surface area contributed by atoms with Gasteiger partial charge in [-0.2, -0.15) is 0 Å². The fourth-order valence-electron chi connectivity index (χ4n) is 7.01. The Bertz CT molecular complexity index is 737. The van der Waals surface area contributed by atoms with Crippen molar-refractivity contribution in [3.05, 3.63) is 11.6 Å². The molecule has 6 atom stereocenters. The van der Waals surface area contributed by atoms with Crippen LogP contribution in [0.25, 0.3) is 0 Å². The van der Waals surface area contributed by atoms with Crippen LogP contribution in [0.1, 0.15) is 91.4 Å². The van der Waals surface area contributed by atoms with Gasteiger partial charge >= 0.3 is 5.97 Å². The monoisotopic (exact) mass is 400 g/mol. The molecular formula is C25H36O4. The summed E-state index contributed by atoms with van der Waals surface area (Å²) in [4.78, 5) is 37.9. The lowest BCUT2D eigenvalue weighted by atomic mass is 9.48. The van der Waals surface area contributed by atoms with Gasteiger partial charge in [-0.25, -0.2) is 0 Å². The number of fused-ring (bicyclic) bond motifs is 5. The second-order valence-electron chi connectivity index (χ2n) is 10.5. The molecule has 0 radical (unpaired) electrons. The van der Waals surface area contributed by atoms with E-state index in [1.807, 2.05) is 6.08 Å². The lowest BCUT2D eigenvalue weighted by Crippen LogP contribution is -2.53. The predicted octanol–water partition coefficient (Wildman–Crippen LogP) is 5.19. The molecule has 0 heterocycles. The first-order chi connectivity index (χ1) is 13.8. The van der Waals surface area contributed by atoms with Crippen LogP contribution in [0.15, 0.2) is 11.6 Å². The van der Waals surface area contributed by atoms with Crippen molar-refractivity contribution in [1.82, 2.24) is 0 Å². The first kappa shape index (κ1) is 20.8. The second-order valence-corrected chi connectivity index (χ2v) is 10.5. The Morgan fingerprint density at radius 1 is 1.07 bits per heavy atom. The van der Waals surface area contributed by atoms with Crippen LogP contribution in [0, 0.1) is 28.6 Å². The number of rotatable bonds is 5. The molecule has 4 nitrogen and oxygen atoms in total. The van der Waals surface area contributed by atoms with Crippen LogP contribution in [0.2, 0.25) is 0 Å². The third-order valence-corrected chi connectivity index (χ3v) is 8.89. The van der Waals surface area contributed by atoms with Crippen LogP contribution in [0.3, 0.4) is 0 Å². The maximum absolute atomic E-state index is 13.2. The Hall–Kier alpha value is -1.45. The van der Waals surface area contributed by atoms with Crippen LogP contribution in [0.5, 0.6) is 0 Å². The van der Waals surface area contributed by atoms with Gasteiger partial charge in [0.25, 0.3) is 0 Å². The number of allylic oxidation sites excluding steroid dienone is 1. The summed E-state index contributed by atoms with van der Waals surface area (Å²) in [5.74, 6) is 1.05. The molecule has 4 heteroatoms. The summed E-state index contributed by atoms with van der Waals surface area (Å²) in [7, 11) is 0. The lowest BCUT2D eigenvalue weighted by Gasteiger charge is -2.56. The smallest absolute Gasteiger partial charge is 0.306 e. The molecule has 0 aromatic rings. The minimum absolute atomic E-state index is 0.00194. The predicted molar refractivity (Wildman–Crippen MR) is 111 cm³/mol. The Morgan fingerprint density at radius 3 is 2.55 bits per heavy atom. The van der Waals surface area contributed by atoms with Crippen molar-refractivity contribution in [2.45, 2.75) is 97.5 Å². The van der Waals surface area contributed by atoms with Gasteiger partial charge < -0.3 is 4.74 Å². The highest BCUT2D eigenvalue weighted by atomic mass is 16.5. The summed E-state index contributed by atoms with van der Waals surface area (Å²) in [6.07, 6.45) is 11.3. The van der Waals surface area contributed by atoms with Crippen molar-refractivity contribution in [3.8, 4) is 0 Å². The van der Waals surface area contributed by atoms with Gasteiger partial charge in [0.15, 0.2) is 5.78 Å². The average molecular weight is 401 g/mol. The molecule has 0 spiro atoms. The fraction of sp³-hybridized carbons (Fsp3) is 0.800. The topological polar surface area (TPSA) is 60.4 Å². The summed E-state index contributed by atoms with van der Waals surface area (Å²) in [5, 5.41) is 0. The molecule has 4 rings (SSSR count). The van der Waals surface area contributed by atoms with Crippen LogP contribution in [-0.4, -0.2) is 23.6 Å². The van der Waals surface area contributed by atoms with Crippen molar-refractivity contribution < 1.29 is 19.1 Å². The Balaban J connectivity index is 1.49. The van der Waals surface area contributed by atoms with E-state index < -0.39 is 0 Å². The molecule has 0 bridgehead atoms. The Kier molecular flexibility index (Phi) is 5.50. The number of unbranched alkanes of at least 4 members (excludes halogenated alkanes) is 2. The minimum atomic E-state index is -0.288. The van der Waals surface area contributed by atoms with Crippen LogP contribution in [-0.2, 0) is 19.1 Å². The standard InChI is InChI=1S/C25H36O4/c1-4-5-6-7-22(28)29-17-10-12-24(2)16(14-17)15-20(26)23-18-8-9-21(27)25(18,3)13-11-19(23)24/h15,17-19,23H,4-14H2,1-3H3/t17-,18?,19?,23?,24-,25-/m0/s1. The zero-order valence-corrected chi connectivity index (χ0v) is 18.3. The zero-order valence-electron chi connectivity index (χ0n) is 18.3. The molecule has 3 saturated carbocycles. The van der Waals surface area contributed by atoms with Crippen molar-refractivity contribution in [1.29, 1.82) is 0 Å². The number of ketones is 2. The quantitative estimate of drug-likeness (QED) is 0.471. The molecule has 4 aliphatic rings. The third-order valence-electron chi connectivity index (χ3n) is 8.89. The maximum atomic E-state index is 13.2. The zero-order chi connectivity index (χ0) is 20.8. The van der Waals surface area contributed by atoms with E-state index in [9.17, 15) is 14.4 Å². The van der Waals surface area contributed by atoms with E-state index in [0.717, 1.165) is 51.4 Å². The molecule has 0 aromatic carbocycles. The lowest BCUT2D eigenvalue weighted by molar-refractivity contribution is -0.152. The summed E-state index contributed by atoms with van der Waals surface area (Å²) >= 11 is 0. The number of ether oxygens (including phenoxy) is 1. The Morgan fingerprint density at radius 2 is 1.79 bits per heavy atom. The molecule has 4 aliphatic carbocycles. The number of Topliss-reactive ketones (excluding diaryl/α,β-unsaturated/α-hetero) is 1. The molecule has 3 fully saturated rings. The first-order valence-corrected chi connectivity index (χ1v) is 11.8. The second kappa shape index (κ2) is 7.67. The van der Waals surface area contributed by atoms with E-state index in [2.05, 4.69) is 20.8 Å². The average Bonchev–Trinajstić information content (AvgIpc) is 2.98. The highest BCUT2D eigenvalue weighted by Crippen LogP contribution is 2.63. The molecular weight excluding hydrogens is 364 g/mol. The summed E-state index contributed by atoms with van der Waals surface area (Å²) in [6.45, 7) is 6.55.